The number of hydrogen-bond acceptors (Lipinski definition) is 3. The third-order valence-corrected chi connectivity index (χ3v) is 1.70. The lowest BCUT2D eigenvalue weighted by Crippen LogP contribution is -2.06. The minimum absolute atomic E-state index is 0.125. The van der Waals surface area contributed by atoms with E-state index in [1.807, 2.05) is 6.92 Å². The third-order valence-electron chi connectivity index (χ3n) is 1.70. The van der Waals surface area contributed by atoms with Gasteiger partial charge in [0, 0.05) is 12.6 Å². The highest BCUT2D eigenvalue weighted by molar-refractivity contribution is 5.89. The lowest BCUT2D eigenvalue weighted by atomic mass is 10.2. The standard InChI is InChI=1S/C10H10N2O2/c1-7-5-9(11-6-13)3-4-10(7)12-8(2)14/h3-5H,1-2H3,(H,12,14). The fraction of sp³-hybridized carbons (Fsp3) is 0.200. The topological polar surface area (TPSA) is 58.5 Å². The Kier molecular flexibility index (Phi) is 3.15. The number of aryl methyl sites for hydroxylation is 1. The molecule has 0 spiro atoms. The third kappa shape index (κ3) is 2.54. The number of anilines is 1. The second-order valence-corrected chi connectivity index (χ2v) is 2.88. The SMILES string of the molecule is CC(=O)Nc1ccc(N=C=O)cc1C. The van der Waals surface area contributed by atoms with Crippen molar-refractivity contribution in [1.29, 1.82) is 0 Å². The summed E-state index contributed by atoms with van der Waals surface area (Å²) in [6.45, 7) is 3.27. The normalized spacial score (nSPS) is 9.00. The Balaban J connectivity index is 3.00. The van der Waals surface area contributed by atoms with Gasteiger partial charge in [0.25, 0.3) is 0 Å². The van der Waals surface area contributed by atoms with E-state index in [1.165, 1.54) is 13.0 Å². The van der Waals surface area contributed by atoms with Crippen LogP contribution in [0.2, 0.25) is 0 Å². The van der Waals surface area contributed by atoms with Gasteiger partial charge in [-0.05, 0) is 30.7 Å². The van der Waals surface area contributed by atoms with Crippen molar-refractivity contribution in [3.63, 3.8) is 0 Å². The van der Waals surface area contributed by atoms with Gasteiger partial charge in [-0.3, -0.25) is 4.79 Å². The summed E-state index contributed by atoms with van der Waals surface area (Å²) in [4.78, 5) is 24.2. The Morgan fingerprint density at radius 3 is 2.71 bits per heavy atom. The predicted molar refractivity (Wildman–Crippen MR) is 53.3 cm³/mol. The first kappa shape index (κ1) is 10.2. The van der Waals surface area contributed by atoms with Crippen LogP contribution in [-0.2, 0) is 9.59 Å². The second kappa shape index (κ2) is 4.35. The highest BCUT2D eigenvalue weighted by atomic mass is 16.1. The number of carbonyl (C=O) groups is 1. The molecule has 0 aliphatic rings. The summed E-state index contributed by atoms with van der Waals surface area (Å²) in [5.74, 6) is -0.125. The fourth-order valence-corrected chi connectivity index (χ4v) is 1.10. The van der Waals surface area contributed by atoms with Crippen molar-refractivity contribution in [2.45, 2.75) is 13.8 Å². The van der Waals surface area contributed by atoms with Crippen LogP contribution in [-0.4, -0.2) is 12.0 Å². The first-order valence-corrected chi connectivity index (χ1v) is 4.09. The number of carbonyl (C=O) groups excluding carboxylic acids is 2. The van der Waals surface area contributed by atoms with Crippen LogP contribution in [0.5, 0.6) is 0 Å². The van der Waals surface area contributed by atoms with Crippen LogP contribution in [0.3, 0.4) is 0 Å². The molecular formula is C10H10N2O2. The molecular weight excluding hydrogens is 180 g/mol. The molecule has 0 heterocycles. The maximum atomic E-state index is 10.8. The monoisotopic (exact) mass is 190 g/mol. The Morgan fingerprint density at radius 2 is 2.21 bits per heavy atom. The zero-order valence-electron chi connectivity index (χ0n) is 8.00. The van der Waals surface area contributed by atoms with Gasteiger partial charge in [0.1, 0.15) is 0 Å². The maximum absolute atomic E-state index is 10.8. The molecule has 0 radical (unpaired) electrons. The number of benzene rings is 1. The zero-order valence-corrected chi connectivity index (χ0v) is 8.00. The van der Waals surface area contributed by atoms with E-state index >= 15 is 0 Å². The first-order valence-electron chi connectivity index (χ1n) is 4.09. The molecule has 1 N–H and O–H groups in total. The van der Waals surface area contributed by atoms with Gasteiger partial charge >= 0.3 is 0 Å². The second-order valence-electron chi connectivity index (χ2n) is 2.88. The van der Waals surface area contributed by atoms with Crippen molar-refractivity contribution >= 4 is 23.4 Å². The molecule has 0 saturated carbocycles. The molecule has 14 heavy (non-hydrogen) atoms. The lowest BCUT2D eigenvalue weighted by molar-refractivity contribution is -0.114. The van der Waals surface area contributed by atoms with Crippen molar-refractivity contribution in [3.8, 4) is 0 Å². The Morgan fingerprint density at radius 1 is 1.50 bits per heavy atom. The first-order chi connectivity index (χ1) is 6.63. The van der Waals surface area contributed by atoms with Gasteiger partial charge in [-0.1, -0.05) is 0 Å². The van der Waals surface area contributed by atoms with Crippen LogP contribution in [0, 0.1) is 6.92 Å². The number of nitrogens with one attached hydrogen (secondary N) is 1. The Labute approximate surface area is 81.7 Å². The van der Waals surface area contributed by atoms with Crippen molar-refractivity contribution < 1.29 is 9.59 Å². The summed E-state index contributed by atoms with van der Waals surface area (Å²) in [6, 6.07) is 5.05. The molecule has 0 aromatic heterocycles. The summed E-state index contributed by atoms with van der Waals surface area (Å²) in [7, 11) is 0. The van der Waals surface area contributed by atoms with Gasteiger partial charge in [0.05, 0.1) is 5.69 Å². The minimum atomic E-state index is -0.125. The number of aliphatic imine (C=N–C) groups is 1. The van der Waals surface area contributed by atoms with E-state index in [-0.39, 0.29) is 5.91 Å². The zero-order chi connectivity index (χ0) is 10.6. The van der Waals surface area contributed by atoms with Crippen molar-refractivity contribution in [2.24, 2.45) is 4.99 Å². The summed E-state index contributed by atoms with van der Waals surface area (Å²) >= 11 is 0. The fourth-order valence-electron chi connectivity index (χ4n) is 1.10. The van der Waals surface area contributed by atoms with Gasteiger partial charge in [0.15, 0.2) is 0 Å². The van der Waals surface area contributed by atoms with E-state index < -0.39 is 0 Å². The van der Waals surface area contributed by atoms with Crippen LogP contribution in [0.4, 0.5) is 11.4 Å². The molecule has 4 nitrogen and oxygen atoms in total. The number of hydrogen-bond donors (Lipinski definition) is 1. The van der Waals surface area contributed by atoms with Crippen LogP contribution in [0.1, 0.15) is 12.5 Å². The molecule has 0 unspecified atom stereocenters. The molecule has 1 rings (SSSR count). The highest BCUT2D eigenvalue weighted by Crippen LogP contribution is 2.21. The number of nitrogens with zero attached hydrogens (tertiary/aromatic N) is 1. The largest absolute Gasteiger partial charge is 0.326 e. The quantitative estimate of drug-likeness (QED) is 0.572. The molecule has 1 aromatic carbocycles. The molecule has 0 saturated heterocycles. The Hall–Kier alpha value is -1.93. The van der Waals surface area contributed by atoms with Gasteiger partial charge < -0.3 is 5.32 Å². The molecule has 0 bridgehead atoms. The predicted octanol–water partition coefficient (Wildman–Crippen LogP) is 1.92. The van der Waals surface area contributed by atoms with Crippen LogP contribution < -0.4 is 5.32 Å². The summed E-state index contributed by atoms with van der Waals surface area (Å²) in [5.41, 5.74) is 2.12. The van der Waals surface area contributed by atoms with E-state index in [2.05, 4.69) is 10.3 Å². The molecule has 4 heteroatoms. The number of amides is 1. The molecule has 0 aliphatic carbocycles. The van der Waals surface area contributed by atoms with Crippen molar-refractivity contribution in [3.05, 3.63) is 23.8 Å². The molecule has 1 amide bonds. The van der Waals surface area contributed by atoms with E-state index in [0.717, 1.165) is 11.3 Å². The van der Waals surface area contributed by atoms with E-state index in [9.17, 15) is 9.59 Å². The Bertz CT molecular complexity index is 407. The van der Waals surface area contributed by atoms with Gasteiger partial charge in [0.2, 0.25) is 12.0 Å². The lowest BCUT2D eigenvalue weighted by Gasteiger charge is -2.05. The summed E-state index contributed by atoms with van der Waals surface area (Å²) < 4.78 is 0. The van der Waals surface area contributed by atoms with E-state index in [0.29, 0.717) is 5.69 Å². The van der Waals surface area contributed by atoms with Crippen molar-refractivity contribution in [2.75, 3.05) is 5.32 Å². The molecule has 0 fully saturated rings. The van der Waals surface area contributed by atoms with E-state index in [4.69, 9.17) is 0 Å². The summed E-state index contributed by atoms with van der Waals surface area (Å²) in [6.07, 6.45) is 1.46. The average Bonchev–Trinajstić information content (AvgIpc) is 2.10. The van der Waals surface area contributed by atoms with Crippen LogP contribution >= 0.6 is 0 Å². The molecule has 1 aromatic rings. The molecule has 0 atom stereocenters. The van der Waals surface area contributed by atoms with Gasteiger partial charge in [-0.25, -0.2) is 4.79 Å². The van der Waals surface area contributed by atoms with Crippen LogP contribution in [0.15, 0.2) is 23.2 Å². The molecule has 0 aliphatic heterocycles. The highest BCUT2D eigenvalue weighted by Gasteiger charge is 2.00. The van der Waals surface area contributed by atoms with Crippen molar-refractivity contribution in [1.82, 2.24) is 0 Å². The van der Waals surface area contributed by atoms with E-state index in [1.54, 1.807) is 18.2 Å². The number of isocyanates is 1. The van der Waals surface area contributed by atoms with Gasteiger partial charge in [-0.2, -0.15) is 4.99 Å². The van der Waals surface area contributed by atoms with Gasteiger partial charge in [-0.15, -0.1) is 0 Å². The maximum Gasteiger partial charge on any atom is 0.240 e. The summed E-state index contributed by atoms with van der Waals surface area (Å²) in [5, 5.41) is 2.66. The van der Waals surface area contributed by atoms with Crippen LogP contribution in [0.25, 0.3) is 0 Å². The molecule has 72 valence electrons. The average molecular weight is 190 g/mol. The minimum Gasteiger partial charge on any atom is -0.326 e. The smallest absolute Gasteiger partial charge is 0.240 e. The number of rotatable bonds is 2.